The fourth-order valence-electron chi connectivity index (χ4n) is 4.61. The number of benzene rings is 2. The number of amides is 3. The Bertz CT molecular complexity index is 1320. The molecule has 2 aliphatic heterocycles. The molecule has 4 rings (SSSR count). The highest BCUT2D eigenvalue weighted by atomic mass is 19.1. The van der Waals surface area contributed by atoms with Crippen LogP contribution >= 0.6 is 0 Å². The van der Waals surface area contributed by atoms with E-state index in [2.05, 4.69) is 5.32 Å². The molecule has 0 bridgehead atoms. The van der Waals surface area contributed by atoms with E-state index in [9.17, 15) is 19.6 Å². The number of carbonyl (C=O) groups is 3. The van der Waals surface area contributed by atoms with E-state index in [0.717, 1.165) is 5.56 Å². The first-order valence-corrected chi connectivity index (χ1v) is 12.9. The molecule has 2 heterocycles. The molecule has 2 atom stereocenters. The van der Waals surface area contributed by atoms with Gasteiger partial charge in [-0.05, 0) is 61.6 Å². The van der Waals surface area contributed by atoms with Crippen molar-refractivity contribution in [2.75, 3.05) is 26.7 Å². The van der Waals surface area contributed by atoms with Gasteiger partial charge in [0.15, 0.2) is 6.10 Å². The first-order valence-electron chi connectivity index (χ1n) is 12.9. The molecule has 2 aliphatic rings. The number of ether oxygens (including phenoxy) is 2. The molecule has 3 amide bonds. The molecule has 9 nitrogen and oxygen atoms in total. The van der Waals surface area contributed by atoms with Crippen molar-refractivity contribution >= 4 is 17.9 Å². The van der Waals surface area contributed by atoms with E-state index in [1.807, 2.05) is 18.2 Å². The van der Waals surface area contributed by atoms with Crippen molar-refractivity contribution in [2.45, 2.75) is 57.9 Å². The summed E-state index contributed by atoms with van der Waals surface area (Å²) in [6.45, 7) is 6.48. The van der Waals surface area contributed by atoms with Crippen molar-refractivity contribution in [3.63, 3.8) is 0 Å². The normalized spacial score (nSPS) is 18.2. The third-order valence-corrected chi connectivity index (χ3v) is 6.60. The quantitative estimate of drug-likeness (QED) is 0.624. The van der Waals surface area contributed by atoms with Crippen molar-refractivity contribution in [1.82, 2.24) is 15.1 Å². The van der Waals surface area contributed by atoms with Crippen molar-refractivity contribution in [1.29, 1.82) is 5.26 Å². The fraction of sp³-hybridized carbons (Fsp3) is 0.448. The van der Waals surface area contributed by atoms with Gasteiger partial charge in [0.25, 0.3) is 11.8 Å². The van der Waals surface area contributed by atoms with Crippen LogP contribution in [-0.4, -0.2) is 72.2 Å². The number of nitrogens with one attached hydrogen (secondary N) is 1. The van der Waals surface area contributed by atoms with Gasteiger partial charge in [0, 0.05) is 38.7 Å². The minimum atomic E-state index is -1.01. The number of rotatable bonds is 5. The first kappa shape index (κ1) is 28.0. The second-order valence-corrected chi connectivity index (χ2v) is 10.9. The zero-order valence-electron chi connectivity index (χ0n) is 22.6. The molecule has 1 saturated heterocycles. The Morgan fingerprint density at radius 1 is 1.23 bits per heavy atom. The standard InChI is InChI=1S/C29H33FN4O5/c1-29(2,3)39-28(37)34-10-5-11-38-25(17-34)26(35)32-22(15-31)12-20-8-6-19(14-24(20)30)18-7-9-21-16-33(4)27(36)23(21)13-18/h6-9,13-14,22,25H,5,10-12,16-17H2,1-4H3,(H,32,35)/t22-,25?/m0/s1. The number of nitriles is 1. The van der Waals surface area contributed by atoms with Gasteiger partial charge in [-0.1, -0.05) is 24.3 Å². The van der Waals surface area contributed by atoms with Gasteiger partial charge < -0.3 is 24.6 Å². The van der Waals surface area contributed by atoms with E-state index in [1.54, 1.807) is 50.9 Å². The fourth-order valence-corrected chi connectivity index (χ4v) is 4.61. The summed E-state index contributed by atoms with van der Waals surface area (Å²) in [5, 5.41) is 12.3. The molecule has 10 heteroatoms. The monoisotopic (exact) mass is 536 g/mol. The second kappa shape index (κ2) is 11.4. The number of carbonyl (C=O) groups excluding carboxylic acids is 3. The summed E-state index contributed by atoms with van der Waals surface area (Å²) in [5.74, 6) is -1.14. The molecule has 206 valence electrons. The number of hydrogen-bond acceptors (Lipinski definition) is 6. The summed E-state index contributed by atoms with van der Waals surface area (Å²) in [5.41, 5.74) is 2.45. The van der Waals surface area contributed by atoms with Gasteiger partial charge >= 0.3 is 6.09 Å². The molecule has 0 aromatic heterocycles. The van der Waals surface area contributed by atoms with Gasteiger partial charge in [0.2, 0.25) is 0 Å². The third kappa shape index (κ3) is 6.73. The van der Waals surface area contributed by atoms with Gasteiger partial charge in [-0.2, -0.15) is 5.26 Å². The lowest BCUT2D eigenvalue weighted by Gasteiger charge is -2.27. The maximum absolute atomic E-state index is 15.1. The molecule has 1 fully saturated rings. The summed E-state index contributed by atoms with van der Waals surface area (Å²) in [6, 6.07) is 11.2. The highest BCUT2D eigenvalue weighted by Crippen LogP contribution is 2.29. The maximum atomic E-state index is 15.1. The molecular formula is C29H33FN4O5. The lowest BCUT2D eigenvalue weighted by molar-refractivity contribution is -0.133. The van der Waals surface area contributed by atoms with Crippen LogP contribution in [0.2, 0.25) is 0 Å². The van der Waals surface area contributed by atoms with E-state index >= 15 is 4.39 Å². The smallest absolute Gasteiger partial charge is 0.410 e. The number of nitrogens with zero attached hydrogens (tertiary/aromatic N) is 3. The van der Waals surface area contributed by atoms with Crippen LogP contribution < -0.4 is 5.32 Å². The molecule has 2 aromatic rings. The van der Waals surface area contributed by atoms with Gasteiger partial charge in [0.05, 0.1) is 12.6 Å². The average molecular weight is 537 g/mol. The van der Waals surface area contributed by atoms with Crippen LogP contribution in [0.4, 0.5) is 9.18 Å². The third-order valence-electron chi connectivity index (χ3n) is 6.60. The van der Waals surface area contributed by atoms with Crippen LogP contribution in [0.25, 0.3) is 11.1 Å². The van der Waals surface area contributed by atoms with E-state index < -0.39 is 35.6 Å². The average Bonchev–Trinajstić information content (AvgIpc) is 3.03. The summed E-state index contributed by atoms with van der Waals surface area (Å²) < 4.78 is 26.1. The Morgan fingerprint density at radius 3 is 2.64 bits per heavy atom. The van der Waals surface area contributed by atoms with Crippen molar-refractivity contribution in [2.24, 2.45) is 0 Å². The number of fused-ring (bicyclic) bond motifs is 1. The van der Waals surface area contributed by atoms with Gasteiger partial charge in [-0.25, -0.2) is 9.18 Å². The van der Waals surface area contributed by atoms with Crippen LogP contribution in [0.3, 0.4) is 0 Å². The van der Waals surface area contributed by atoms with Crippen LogP contribution in [0.5, 0.6) is 0 Å². The van der Waals surface area contributed by atoms with Crippen LogP contribution in [0, 0.1) is 17.1 Å². The topological polar surface area (TPSA) is 112 Å². The minimum absolute atomic E-state index is 0.0129. The lowest BCUT2D eigenvalue weighted by Crippen LogP contribution is -2.48. The first-order chi connectivity index (χ1) is 18.4. The van der Waals surface area contributed by atoms with Crippen LogP contribution in [-0.2, 0) is 27.2 Å². The largest absolute Gasteiger partial charge is 0.444 e. The predicted molar refractivity (Wildman–Crippen MR) is 141 cm³/mol. The van der Waals surface area contributed by atoms with Crippen LogP contribution in [0.15, 0.2) is 36.4 Å². The van der Waals surface area contributed by atoms with Gasteiger partial charge in [-0.3, -0.25) is 9.59 Å². The van der Waals surface area contributed by atoms with E-state index in [4.69, 9.17) is 9.47 Å². The molecule has 0 radical (unpaired) electrons. The van der Waals surface area contributed by atoms with E-state index in [-0.39, 0.29) is 31.0 Å². The zero-order chi connectivity index (χ0) is 28.3. The molecule has 2 aromatic carbocycles. The molecule has 0 spiro atoms. The zero-order valence-corrected chi connectivity index (χ0v) is 22.6. The number of halogens is 1. The van der Waals surface area contributed by atoms with Gasteiger partial charge in [0.1, 0.15) is 17.5 Å². The van der Waals surface area contributed by atoms with Crippen molar-refractivity contribution in [3.8, 4) is 17.2 Å². The maximum Gasteiger partial charge on any atom is 0.410 e. The predicted octanol–water partition coefficient (Wildman–Crippen LogP) is 3.66. The molecule has 0 saturated carbocycles. The molecule has 0 aliphatic carbocycles. The summed E-state index contributed by atoms with van der Waals surface area (Å²) in [4.78, 5) is 40.8. The highest BCUT2D eigenvalue weighted by Gasteiger charge is 2.31. The molecular weight excluding hydrogens is 503 g/mol. The van der Waals surface area contributed by atoms with Crippen LogP contribution in [0.1, 0.15) is 48.7 Å². The molecule has 39 heavy (non-hydrogen) atoms. The summed E-state index contributed by atoms with van der Waals surface area (Å²) in [6.07, 6.45) is -1.03. The van der Waals surface area contributed by atoms with E-state index in [1.165, 1.54) is 11.0 Å². The molecule has 1 N–H and O–H groups in total. The Hall–Kier alpha value is -3.97. The van der Waals surface area contributed by atoms with Crippen molar-refractivity contribution < 1.29 is 28.2 Å². The second-order valence-electron chi connectivity index (χ2n) is 10.9. The van der Waals surface area contributed by atoms with Crippen molar-refractivity contribution in [3.05, 3.63) is 58.9 Å². The number of hydrogen-bond donors (Lipinski definition) is 1. The minimum Gasteiger partial charge on any atom is -0.444 e. The summed E-state index contributed by atoms with van der Waals surface area (Å²) in [7, 11) is 1.74. The highest BCUT2D eigenvalue weighted by molar-refractivity contribution is 5.99. The Kier molecular flexibility index (Phi) is 8.21. The SMILES string of the molecule is CN1Cc2ccc(-c3ccc(C[C@@H](C#N)NC(=O)C4CN(C(=O)OC(C)(C)C)CCCO4)c(F)c3)cc2C1=O. The lowest BCUT2D eigenvalue weighted by atomic mass is 9.97. The molecule has 1 unspecified atom stereocenters. The Labute approximate surface area is 227 Å². The Morgan fingerprint density at radius 2 is 1.95 bits per heavy atom. The summed E-state index contributed by atoms with van der Waals surface area (Å²) >= 11 is 0. The van der Waals surface area contributed by atoms with Gasteiger partial charge in [-0.15, -0.1) is 0 Å². The van der Waals surface area contributed by atoms with E-state index in [0.29, 0.717) is 36.2 Å². The Balaban J connectivity index is 1.41.